The van der Waals surface area contributed by atoms with Crippen molar-refractivity contribution in [2.24, 2.45) is 5.92 Å². The molecule has 1 saturated carbocycles. The van der Waals surface area contributed by atoms with Crippen molar-refractivity contribution in [1.82, 2.24) is 10.2 Å². The summed E-state index contributed by atoms with van der Waals surface area (Å²) in [5.74, 6) is 0.588. The molecule has 0 spiro atoms. The summed E-state index contributed by atoms with van der Waals surface area (Å²) in [7, 11) is 3.51. The number of amides is 2. The number of benzene rings is 1. The molecule has 0 aliphatic heterocycles. The second-order valence-corrected chi connectivity index (χ2v) is 7.25. The molecule has 1 aromatic carbocycles. The molecule has 5 nitrogen and oxygen atoms in total. The maximum Gasteiger partial charge on any atom is 0.226 e. The molecule has 2 amide bonds. The van der Waals surface area contributed by atoms with E-state index in [9.17, 15) is 9.59 Å². The Morgan fingerprint density at radius 1 is 1.24 bits per heavy atom. The quantitative estimate of drug-likeness (QED) is 0.765. The van der Waals surface area contributed by atoms with Crippen LogP contribution in [0.2, 0.25) is 0 Å². The molecule has 136 valence electrons. The van der Waals surface area contributed by atoms with Gasteiger partial charge in [0.05, 0.1) is 0 Å². The molecule has 0 heterocycles. The van der Waals surface area contributed by atoms with Gasteiger partial charge in [0.2, 0.25) is 11.8 Å². The Balaban J connectivity index is 1.80. The van der Waals surface area contributed by atoms with E-state index in [0.717, 1.165) is 24.1 Å². The molecule has 1 aliphatic carbocycles. The van der Waals surface area contributed by atoms with Gasteiger partial charge >= 0.3 is 0 Å². The average Bonchev–Trinajstić information content (AvgIpc) is 3.05. The van der Waals surface area contributed by atoms with Crippen LogP contribution in [0.1, 0.15) is 44.1 Å². The summed E-state index contributed by atoms with van der Waals surface area (Å²) in [5, 5.41) is 6.14. The fourth-order valence-electron chi connectivity index (χ4n) is 3.10. The van der Waals surface area contributed by atoms with Gasteiger partial charge in [0, 0.05) is 32.6 Å². The largest absolute Gasteiger partial charge is 0.349 e. The summed E-state index contributed by atoms with van der Waals surface area (Å²) in [6.45, 7) is 0. The van der Waals surface area contributed by atoms with E-state index < -0.39 is 0 Å². The van der Waals surface area contributed by atoms with Gasteiger partial charge in [-0.2, -0.15) is 0 Å². The molecule has 0 unspecified atom stereocenters. The molecule has 1 aromatic rings. The number of thiocarbonyl (C=S) groups is 1. The normalized spacial score (nSPS) is 14.2. The maximum absolute atomic E-state index is 12.0. The Kier molecular flexibility index (Phi) is 7.37. The summed E-state index contributed by atoms with van der Waals surface area (Å²) in [4.78, 5) is 25.3. The first-order chi connectivity index (χ1) is 11.9. The van der Waals surface area contributed by atoms with Crippen LogP contribution in [-0.4, -0.2) is 35.9 Å². The third-order valence-corrected chi connectivity index (χ3v) is 4.72. The third kappa shape index (κ3) is 6.82. The molecule has 1 aliphatic rings. The lowest BCUT2D eigenvalue weighted by Gasteiger charge is -2.13. The molecular weight excluding hydrogens is 334 g/mol. The van der Waals surface area contributed by atoms with Gasteiger partial charge in [-0.25, -0.2) is 0 Å². The van der Waals surface area contributed by atoms with E-state index in [4.69, 9.17) is 12.2 Å². The van der Waals surface area contributed by atoms with Crippen molar-refractivity contribution in [2.75, 3.05) is 19.4 Å². The lowest BCUT2D eigenvalue weighted by Crippen LogP contribution is -2.34. The molecular formula is C19H27N3O2S. The topological polar surface area (TPSA) is 61.4 Å². The van der Waals surface area contributed by atoms with Crippen molar-refractivity contribution in [3.8, 4) is 0 Å². The SMILES string of the molecule is CN(C)C(=O)CCc1cccc(NC(=S)NC(=O)CC2CCCC2)c1. The Hall–Kier alpha value is -1.95. The second kappa shape index (κ2) is 9.51. The molecule has 0 atom stereocenters. The predicted octanol–water partition coefficient (Wildman–Crippen LogP) is 3.10. The van der Waals surface area contributed by atoms with Crippen LogP contribution < -0.4 is 10.6 Å². The number of anilines is 1. The van der Waals surface area contributed by atoms with Crippen molar-refractivity contribution in [3.05, 3.63) is 29.8 Å². The van der Waals surface area contributed by atoms with Gasteiger partial charge in [0.25, 0.3) is 0 Å². The summed E-state index contributed by atoms with van der Waals surface area (Å²) >= 11 is 5.23. The van der Waals surface area contributed by atoms with Crippen LogP contribution in [0.4, 0.5) is 5.69 Å². The molecule has 2 N–H and O–H groups in total. The van der Waals surface area contributed by atoms with Crippen LogP contribution in [0.3, 0.4) is 0 Å². The van der Waals surface area contributed by atoms with Crippen LogP contribution in [0.25, 0.3) is 0 Å². The number of nitrogens with zero attached hydrogens (tertiary/aromatic N) is 1. The summed E-state index contributed by atoms with van der Waals surface area (Å²) < 4.78 is 0. The zero-order valence-electron chi connectivity index (χ0n) is 15.0. The van der Waals surface area contributed by atoms with Gasteiger partial charge in [-0.15, -0.1) is 0 Å². The Morgan fingerprint density at radius 2 is 1.96 bits per heavy atom. The van der Waals surface area contributed by atoms with Crippen molar-refractivity contribution >= 4 is 34.8 Å². The number of aryl methyl sites for hydroxylation is 1. The van der Waals surface area contributed by atoms with Crippen LogP contribution >= 0.6 is 12.2 Å². The molecule has 0 radical (unpaired) electrons. The minimum absolute atomic E-state index is 0.0165. The van der Waals surface area contributed by atoms with E-state index in [0.29, 0.717) is 30.3 Å². The fourth-order valence-corrected chi connectivity index (χ4v) is 3.33. The second-order valence-electron chi connectivity index (χ2n) is 6.85. The third-order valence-electron chi connectivity index (χ3n) is 4.51. The first-order valence-corrected chi connectivity index (χ1v) is 9.25. The Bertz CT molecular complexity index is 625. The van der Waals surface area contributed by atoms with E-state index in [1.165, 1.54) is 12.8 Å². The monoisotopic (exact) mass is 361 g/mol. The van der Waals surface area contributed by atoms with Gasteiger partial charge in [-0.3, -0.25) is 9.59 Å². The maximum atomic E-state index is 12.0. The van der Waals surface area contributed by atoms with E-state index in [1.807, 2.05) is 24.3 Å². The van der Waals surface area contributed by atoms with Gasteiger partial charge in [-0.1, -0.05) is 25.0 Å². The molecule has 1 fully saturated rings. The lowest BCUT2D eigenvalue weighted by atomic mass is 10.0. The Morgan fingerprint density at radius 3 is 2.64 bits per heavy atom. The van der Waals surface area contributed by atoms with Gasteiger partial charge < -0.3 is 15.5 Å². The van der Waals surface area contributed by atoms with Gasteiger partial charge in [0.1, 0.15) is 0 Å². The highest BCUT2D eigenvalue weighted by Gasteiger charge is 2.18. The van der Waals surface area contributed by atoms with Crippen molar-refractivity contribution in [1.29, 1.82) is 0 Å². The van der Waals surface area contributed by atoms with Crippen LogP contribution in [0.15, 0.2) is 24.3 Å². The molecule has 25 heavy (non-hydrogen) atoms. The number of carbonyl (C=O) groups is 2. The fraction of sp³-hybridized carbons (Fsp3) is 0.526. The molecule has 2 rings (SSSR count). The standard InChI is InChI=1S/C19H27N3O2S/c1-22(2)18(24)11-10-15-8-5-9-16(12-15)20-19(25)21-17(23)13-14-6-3-4-7-14/h5,8-9,12,14H,3-4,6-7,10-11,13H2,1-2H3,(H2,20,21,23,25). The predicted molar refractivity (Wildman–Crippen MR) is 104 cm³/mol. The van der Waals surface area contributed by atoms with Crippen LogP contribution in [0, 0.1) is 5.92 Å². The highest BCUT2D eigenvalue weighted by Crippen LogP contribution is 2.27. The molecule has 0 saturated heterocycles. The highest BCUT2D eigenvalue weighted by atomic mass is 32.1. The van der Waals surface area contributed by atoms with Crippen molar-refractivity contribution < 1.29 is 9.59 Å². The first kappa shape index (κ1) is 19.4. The van der Waals surface area contributed by atoms with E-state index in [2.05, 4.69) is 10.6 Å². The minimum Gasteiger partial charge on any atom is -0.349 e. The number of nitrogens with one attached hydrogen (secondary N) is 2. The number of hydrogen-bond donors (Lipinski definition) is 2. The summed E-state index contributed by atoms with van der Waals surface area (Å²) in [6.07, 6.45) is 6.43. The zero-order valence-corrected chi connectivity index (χ0v) is 15.8. The van der Waals surface area contributed by atoms with Crippen molar-refractivity contribution in [2.45, 2.75) is 44.9 Å². The van der Waals surface area contributed by atoms with Crippen LogP contribution in [-0.2, 0) is 16.0 Å². The van der Waals surface area contributed by atoms with Gasteiger partial charge in [-0.05, 0) is 55.1 Å². The van der Waals surface area contributed by atoms with E-state index in [1.54, 1.807) is 19.0 Å². The molecule has 6 heteroatoms. The minimum atomic E-state index is -0.0165. The van der Waals surface area contributed by atoms with E-state index in [-0.39, 0.29) is 11.8 Å². The van der Waals surface area contributed by atoms with Gasteiger partial charge in [0.15, 0.2) is 5.11 Å². The Labute approximate surface area is 155 Å². The van der Waals surface area contributed by atoms with Crippen molar-refractivity contribution in [3.63, 3.8) is 0 Å². The lowest BCUT2D eigenvalue weighted by molar-refractivity contribution is -0.128. The number of carbonyl (C=O) groups excluding carboxylic acids is 2. The number of hydrogen-bond acceptors (Lipinski definition) is 3. The molecule has 0 bridgehead atoms. The van der Waals surface area contributed by atoms with E-state index >= 15 is 0 Å². The van der Waals surface area contributed by atoms with Crippen LogP contribution in [0.5, 0.6) is 0 Å². The average molecular weight is 362 g/mol. The zero-order chi connectivity index (χ0) is 18.2. The smallest absolute Gasteiger partial charge is 0.226 e. The highest BCUT2D eigenvalue weighted by molar-refractivity contribution is 7.80. The summed E-state index contributed by atoms with van der Waals surface area (Å²) in [6, 6.07) is 7.75. The first-order valence-electron chi connectivity index (χ1n) is 8.84. The summed E-state index contributed by atoms with van der Waals surface area (Å²) in [5.41, 5.74) is 1.88. The molecule has 0 aromatic heterocycles. The number of rotatable bonds is 6.